The summed E-state index contributed by atoms with van der Waals surface area (Å²) >= 11 is 2.35. The van der Waals surface area contributed by atoms with E-state index in [-0.39, 0.29) is 0 Å². The number of amides is 1. The molecule has 0 saturated carbocycles. The molecule has 0 fully saturated rings. The van der Waals surface area contributed by atoms with Gasteiger partial charge >= 0.3 is 119 Å². The van der Waals surface area contributed by atoms with Crippen LogP contribution in [-0.2, 0) is 13.5 Å². The van der Waals surface area contributed by atoms with E-state index in [1.165, 1.54) is 5.56 Å². The summed E-state index contributed by atoms with van der Waals surface area (Å²) in [4.78, 5) is 11.6. The number of aromatic nitrogens is 2. The topological polar surface area (TPSA) is 72.9 Å². The van der Waals surface area contributed by atoms with Crippen molar-refractivity contribution in [1.82, 2.24) is 9.78 Å². The van der Waals surface area contributed by atoms with Gasteiger partial charge in [-0.15, -0.1) is 0 Å². The van der Waals surface area contributed by atoms with E-state index in [1.54, 1.807) is 11.7 Å². The summed E-state index contributed by atoms with van der Waals surface area (Å²) < 4.78 is 2.40. The second kappa shape index (κ2) is 4.42. The van der Waals surface area contributed by atoms with Gasteiger partial charge in [-0.25, -0.2) is 0 Å². The summed E-state index contributed by atoms with van der Waals surface area (Å²) in [5, 5.41) is 7.72. The van der Waals surface area contributed by atoms with Crippen LogP contribution in [0.25, 0.3) is 11.3 Å². The number of primary amides is 1. The molecule has 1 amide bonds. The van der Waals surface area contributed by atoms with Gasteiger partial charge in [-0.2, -0.15) is 0 Å². The number of nitrogens with one attached hydrogen (secondary N) is 1. The number of benzene rings is 1. The van der Waals surface area contributed by atoms with Gasteiger partial charge in [0.15, 0.2) is 0 Å². The molecule has 5 nitrogen and oxygen atoms in total. The van der Waals surface area contributed by atoms with Gasteiger partial charge in [0.1, 0.15) is 0 Å². The van der Waals surface area contributed by atoms with Crippen LogP contribution in [0.4, 0.5) is 5.69 Å². The van der Waals surface area contributed by atoms with Gasteiger partial charge in [-0.1, -0.05) is 0 Å². The van der Waals surface area contributed by atoms with Crippen LogP contribution in [-0.4, -0.2) is 39.1 Å². The third-order valence-corrected chi connectivity index (χ3v) is 4.43. The van der Waals surface area contributed by atoms with Crippen molar-refractivity contribution < 1.29 is 4.79 Å². The molecular formula is C13H13AsN4O. The van der Waals surface area contributed by atoms with E-state index in [9.17, 15) is 4.79 Å². The second-order valence-electron chi connectivity index (χ2n) is 4.58. The van der Waals surface area contributed by atoms with E-state index < -0.39 is 5.91 Å². The average molecular weight is 316 g/mol. The maximum absolute atomic E-state index is 11.6. The Morgan fingerprint density at radius 2 is 2.32 bits per heavy atom. The first-order valence-electron chi connectivity index (χ1n) is 6.01. The number of fused-ring (bicyclic) bond motifs is 1. The van der Waals surface area contributed by atoms with Gasteiger partial charge in [0.05, 0.1) is 0 Å². The molecule has 2 aromatic rings. The summed E-state index contributed by atoms with van der Waals surface area (Å²) in [6.45, 7) is 0.958. The molecule has 19 heavy (non-hydrogen) atoms. The predicted octanol–water partition coefficient (Wildman–Crippen LogP) is -0.0522. The average Bonchev–Trinajstić information content (AvgIpc) is 2.94. The molecule has 0 bridgehead atoms. The Morgan fingerprint density at radius 1 is 1.53 bits per heavy atom. The molecule has 0 aliphatic carbocycles. The predicted molar refractivity (Wildman–Crippen MR) is 74.7 cm³/mol. The van der Waals surface area contributed by atoms with E-state index in [4.69, 9.17) is 5.73 Å². The van der Waals surface area contributed by atoms with Crippen molar-refractivity contribution in [3.63, 3.8) is 0 Å². The summed E-state index contributed by atoms with van der Waals surface area (Å²) in [5.74, 6) is -0.447. The van der Waals surface area contributed by atoms with E-state index >= 15 is 0 Å². The Morgan fingerprint density at radius 3 is 3.05 bits per heavy atom. The first kappa shape index (κ1) is 12.3. The molecule has 0 spiro atoms. The molecule has 2 radical (unpaired) electrons. The van der Waals surface area contributed by atoms with Crippen LogP contribution < -0.4 is 15.5 Å². The number of aryl methyl sites for hydroxylation is 1. The monoisotopic (exact) mass is 316 g/mol. The van der Waals surface area contributed by atoms with Crippen molar-refractivity contribution in [2.24, 2.45) is 12.8 Å². The quantitative estimate of drug-likeness (QED) is 0.763. The molecule has 2 heterocycles. The minimum absolute atomic E-state index is 0.447. The molecule has 0 unspecified atom stereocenters. The molecule has 1 aromatic heterocycles. The number of hydrogen-bond donors (Lipinski definition) is 2. The Hall–Kier alpha value is -1.74. The molecule has 0 saturated heterocycles. The zero-order valence-corrected chi connectivity index (χ0v) is 12.4. The van der Waals surface area contributed by atoms with Crippen LogP contribution in [0.1, 0.15) is 15.9 Å². The Bertz CT molecular complexity index is 678. The van der Waals surface area contributed by atoms with Crippen LogP contribution in [0.5, 0.6) is 0 Å². The fourth-order valence-corrected chi connectivity index (χ4v) is 2.94. The fourth-order valence-electron chi connectivity index (χ4n) is 2.40. The van der Waals surface area contributed by atoms with Gasteiger partial charge in [-0.05, 0) is 0 Å². The Balaban J connectivity index is 2.17. The number of anilines is 1. The molecular weight excluding hydrogens is 303 g/mol. The number of nitrogens with two attached hydrogens (primary N) is 1. The van der Waals surface area contributed by atoms with Crippen LogP contribution in [0, 0.1) is 0 Å². The van der Waals surface area contributed by atoms with Crippen LogP contribution in [0.2, 0.25) is 0 Å². The van der Waals surface area contributed by atoms with E-state index in [0.717, 1.165) is 28.7 Å². The third kappa shape index (κ3) is 1.94. The van der Waals surface area contributed by atoms with Gasteiger partial charge in [0.2, 0.25) is 0 Å². The summed E-state index contributed by atoms with van der Waals surface area (Å²) in [7, 11) is 1.80. The Labute approximate surface area is 119 Å². The summed E-state index contributed by atoms with van der Waals surface area (Å²) in [5.41, 5.74) is 9.95. The third-order valence-electron chi connectivity index (χ3n) is 3.35. The van der Waals surface area contributed by atoms with Gasteiger partial charge in [0.25, 0.3) is 0 Å². The second-order valence-corrected chi connectivity index (χ2v) is 5.47. The zero-order valence-electron chi connectivity index (χ0n) is 10.5. The van der Waals surface area contributed by atoms with E-state index in [1.807, 2.05) is 12.1 Å². The molecule has 96 valence electrons. The van der Waals surface area contributed by atoms with Crippen molar-refractivity contribution in [3.8, 4) is 11.3 Å². The van der Waals surface area contributed by atoms with Crippen LogP contribution in [0.3, 0.4) is 0 Å². The zero-order chi connectivity index (χ0) is 13.6. The number of hydrogen-bond acceptors (Lipinski definition) is 3. The molecule has 1 aliphatic heterocycles. The van der Waals surface area contributed by atoms with Crippen molar-refractivity contribution >= 4 is 32.9 Å². The molecule has 1 aliphatic rings. The number of carbonyl (C=O) groups is 1. The first-order chi connectivity index (χ1) is 9.08. The van der Waals surface area contributed by atoms with Gasteiger partial charge in [0, 0.05) is 0 Å². The number of nitrogens with zero attached hydrogens (tertiary/aromatic N) is 2. The fraction of sp³-hybridized carbons (Fsp3) is 0.231. The van der Waals surface area contributed by atoms with Crippen LogP contribution >= 0.6 is 0 Å². The van der Waals surface area contributed by atoms with Crippen molar-refractivity contribution in [2.75, 3.05) is 11.9 Å². The molecule has 6 heteroatoms. The molecule has 3 rings (SSSR count). The van der Waals surface area contributed by atoms with Crippen molar-refractivity contribution in [2.45, 2.75) is 6.42 Å². The van der Waals surface area contributed by atoms with Crippen molar-refractivity contribution in [1.29, 1.82) is 0 Å². The summed E-state index contributed by atoms with van der Waals surface area (Å²) in [6.07, 6.45) is 0.997. The first-order valence-corrected chi connectivity index (χ1v) is 6.94. The Kier molecular flexibility index (Phi) is 2.86. The minimum atomic E-state index is -0.447. The normalized spacial score (nSPS) is 13.2. The number of rotatable bonds is 2. The van der Waals surface area contributed by atoms with E-state index in [0.29, 0.717) is 11.3 Å². The maximum atomic E-state index is 11.6. The summed E-state index contributed by atoms with van der Waals surface area (Å²) in [6, 6.07) is 6.08. The van der Waals surface area contributed by atoms with E-state index in [2.05, 4.69) is 33.3 Å². The number of carbonyl (C=O) groups excluding carboxylic acids is 1. The molecule has 0 atom stereocenters. The SMILES string of the molecule is Cn1nc(-c2ccc3c(c2)CCN3)c(C(N)=O)c1[As]. The van der Waals surface area contributed by atoms with Gasteiger partial charge in [-0.3, -0.25) is 0 Å². The van der Waals surface area contributed by atoms with Crippen LogP contribution in [0.15, 0.2) is 18.2 Å². The standard InChI is InChI=1S/C13H13AsN4O/c1-18-12(14)10(13(15)19)11(17-18)8-2-3-9-7(6-8)4-5-16-9/h2-3,6,16H,4-5H2,1H3,(H2,15,19). The van der Waals surface area contributed by atoms with Crippen molar-refractivity contribution in [3.05, 3.63) is 29.3 Å². The molecule has 1 aromatic carbocycles. The van der Waals surface area contributed by atoms with Gasteiger partial charge < -0.3 is 0 Å². The molecule has 3 N–H and O–H groups in total.